The molecule has 0 bridgehead atoms. The summed E-state index contributed by atoms with van der Waals surface area (Å²) in [5, 5.41) is 3.57. The predicted molar refractivity (Wildman–Crippen MR) is 104 cm³/mol. The smallest absolute Gasteiger partial charge is 0.225 e. The maximum atomic E-state index is 12.0. The first-order valence-electron chi connectivity index (χ1n) is 9.29. The molecule has 1 aromatic heterocycles. The van der Waals surface area contributed by atoms with Gasteiger partial charge >= 0.3 is 0 Å². The number of nitrogens with zero attached hydrogens (tertiary/aromatic N) is 4. The number of carbonyl (C=O) groups is 1. The van der Waals surface area contributed by atoms with Gasteiger partial charge < -0.3 is 19.9 Å². The summed E-state index contributed by atoms with van der Waals surface area (Å²) >= 11 is 0. The minimum absolute atomic E-state index is 0. The molecular weight excluding hydrogens is 354 g/mol. The zero-order valence-corrected chi connectivity index (χ0v) is 16.5. The summed E-state index contributed by atoms with van der Waals surface area (Å²) in [7, 11) is 0. The Morgan fingerprint density at radius 2 is 1.81 bits per heavy atom. The Kier molecular flexibility index (Phi) is 8.06. The Morgan fingerprint density at radius 3 is 2.38 bits per heavy atom. The van der Waals surface area contributed by atoms with Crippen LogP contribution in [0.1, 0.15) is 32.3 Å². The van der Waals surface area contributed by atoms with Crippen LogP contribution in [0.3, 0.4) is 0 Å². The van der Waals surface area contributed by atoms with Crippen LogP contribution >= 0.6 is 12.4 Å². The van der Waals surface area contributed by atoms with Crippen molar-refractivity contribution in [2.75, 3.05) is 44.3 Å². The van der Waals surface area contributed by atoms with Gasteiger partial charge in [-0.25, -0.2) is 9.97 Å². The molecule has 1 amide bonds. The summed E-state index contributed by atoms with van der Waals surface area (Å²) < 4.78 is 5.35. The van der Waals surface area contributed by atoms with Gasteiger partial charge in [-0.15, -0.1) is 12.4 Å². The molecule has 0 saturated carbocycles. The van der Waals surface area contributed by atoms with Gasteiger partial charge in [0.25, 0.3) is 0 Å². The van der Waals surface area contributed by atoms with Crippen LogP contribution in [0, 0.1) is 5.92 Å². The Morgan fingerprint density at radius 1 is 1.19 bits per heavy atom. The van der Waals surface area contributed by atoms with Gasteiger partial charge in [0, 0.05) is 62.6 Å². The third-order valence-corrected chi connectivity index (χ3v) is 4.88. The maximum Gasteiger partial charge on any atom is 0.225 e. The molecule has 2 saturated heterocycles. The highest BCUT2D eigenvalue weighted by Crippen LogP contribution is 2.14. The fourth-order valence-electron chi connectivity index (χ4n) is 3.30. The van der Waals surface area contributed by atoms with E-state index in [1.165, 1.54) is 0 Å². The summed E-state index contributed by atoms with van der Waals surface area (Å²) in [5.41, 5.74) is 1.10. The summed E-state index contributed by atoms with van der Waals surface area (Å²) in [6.07, 6.45) is 5.82. The standard InChI is InChI=1S/C18H29N5O2.ClH/c1-14(2)17(24)22-5-3-16(4-6-22)19-11-15-12-20-18(21-13-15)23-7-9-25-10-8-23;/h12-14,16,19H,3-11H2,1-2H3;1H. The number of hydrogen-bond acceptors (Lipinski definition) is 6. The van der Waals surface area contributed by atoms with Gasteiger partial charge in [-0.2, -0.15) is 0 Å². The van der Waals surface area contributed by atoms with Crippen molar-refractivity contribution in [1.82, 2.24) is 20.2 Å². The van der Waals surface area contributed by atoms with E-state index in [1.54, 1.807) is 0 Å². The molecule has 26 heavy (non-hydrogen) atoms. The van der Waals surface area contributed by atoms with E-state index in [9.17, 15) is 4.79 Å². The molecule has 2 aliphatic heterocycles. The minimum atomic E-state index is 0. The number of halogens is 1. The van der Waals surface area contributed by atoms with Crippen molar-refractivity contribution >= 4 is 24.3 Å². The molecule has 0 aliphatic carbocycles. The summed E-state index contributed by atoms with van der Waals surface area (Å²) in [4.78, 5) is 25.1. The summed E-state index contributed by atoms with van der Waals surface area (Å²) in [6, 6.07) is 0.454. The van der Waals surface area contributed by atoms with Crippen LogP contribution in [-0.4, -0.2) is 66.2 Å². The van der Waals surface area contributed by atoms with Crippen molar-refractivity contribution in [2.45, 2.75) is 39.3 Å². The summed E-state index contributed by atoms with van der Waals surface area (Å²) in [6.45, 7) is 9.58. The molecule has 3 rings (SSSR count). The molecule has 146 valence electrons. The number of nitrogens with one attached hydrogen (secondary N) is 1. The largest absolute Gasteiger partial charge is 0.378 e. The Hall–Kier alpha value is -1.44. The first-order chi connectivity index (χ1) is 12.1. The van der Waals surface area contributed by atoms with E-state index >= 15 is 0 Å². The predicted octanol–water partition coefficient (Wildman–Crippen LogP) is 1.47. The van der Waals surface area contributed by atoms with Crippen molar-refractivity contribution < 1.29 is 9.53 Å². The second-order valence-corrected chi connectivity index (χ2v) is 7.13. The fourth-order valence-corrected chi connectivity index (χ4v) is 3.30. The van der Waals surface area contributed by atoms with Crippen LogP contribution in [0.4, 0.5) is 5.95 Å². The van der Waals surface area contributed by atoms with E-state index in [0.29, 0.717) is 6.04 Å². The van der Waals surface area contributed by atoms with E-state index in [2.05, 4.69) is 20.2 Å². The number of hydrogen-bond donors (Lipinski definition) is 1. The van der Waals surface area contributed by atoms with Gasteiger partial charge in [-0.3, -0.25) is 4.79 Å². The number of piperidine rings is 1. The fraction of sp³-hybridized carbons (Fsp3) is 0.722. The lowest BCUT2D eigenvalue weighted by Gasteiger charge is -2.33. The van der Waals surface area contributed by atoms with E-state index in [1.807, 2.05) is 31.1 Å². The zero-order chi connectivity index (χ0) is 17.6. The second-order valence-electron chi connectivity index (χ2n) is 7.13. The van der Waals surface area contributed by atoms with E-state index in [-0.39, 0.29) is 24.2 Å². The number of carbonyl (C=O) groups excluding carboxylic acids is 1. The Labute approximate surface area is 161 Å². The number of ether oxygens (including phenoxy) is 1. The van der Waals surface area contributed by atoms with Crippen LogP contribution in [0.5, 0.6) is 0 Å². The molecule has 0 atom stereocenters. The first kappa shape index (κ1) is 20.9. The van der Waals surface area contributed by atoms with E-state index < -0.39 is 0 Å². The molecule has 0 unspecified atom stereocenters. The highest BCUT2D eigenvalue weighted by Gasteiger charge is 2.23. The van der Waals surface area contributed by atoms with Crippen LogP contribution < -0.4 is 10.2 Å². The molecule has 7 nitrogen and oxygen atoms in total. The molecule has 0 aromatic carbocycles. The van der Waals surface area contributed by atoms with Crippen molar-refractivity contribution in [3.63, 3.8) is 0 Å². The number of amides is 1. The quantitative estimate of drug-likeness (QED) is 0.830. The Bertz CT molecular complexity index is 555. The average molecular weight is 384 g/mol. The van der Waals surface area contributed by atoms with E-state index in [4.69, 9.17) is 4.74 Å². The molecular formula is C18H30ClN5O2. The molecule has 3 heterocycles. The van der Waals surface area contributed by atoms with Gasteiger partial charge in [0.2, 0.25) is 11.9 Å². The highest BCUT2D eigenvalue weighted by molar-refractivity contribution is 5.85. The molecule has 1 N–H and O–H groups in total. The third-order valence-electron chi connectivity index (χ3n) is 4.88. The number of rotatable bonds is 5. The SMILES string of the molecule is CC(C)C(=O)N1CCC(NCc2cnc(N3CCOCC3)nc2)CC1.Cl. The van der Waals surface area contributed by atoms with Crippen molar-refractivity contribution in [3.8, 4) is 0 Å². The lowest BCUT2D eigenvalue weighted by Crippen LogP contribution is -2.46. The molecule has 8 heteroatoms. The zero-order valence-electron chi connectivity index (χ0n) is 15.7. The van der Waals surface area contributed by atoms with Crippen molar-refractivity contribution in [1.29, 1.82) is 0 Å². The van der Waals surface area contributed by atoms with Gasteiger partial charge in [0.15, 0.2) is 0 Å². The molecule has 0 radical (unpaired) electrons. The molecule has 1 aromatic rings. The van der Waals surface area contributed by atoms with Gasteiger partial charge in [-0.05, 0) is 12.8 Å². The lowest BCUT2D eigenvalue weighted by molar-refractivity contribution is -0.135. The molecule has 0 spiro atoms. The van der Waals surface area contributed by atoms with E-state index in [0.717, 1.165) is 70.3 Å². The van der Waals surface area contributed by atoms with Crippen LogP contribution in [0.25, 0.3) is 0 Å². The van der Waals surface area contributed by atoms with Crippen LogP contribution in [-0.2, 0) is 16.1 Å². The topological polar surface area (TPSA) is 70.6 Å². The number of aromatic nitrogens is 2. The first-order valence-corrected chi connectivity index (χ1v) is 9.29. The average Bonchev–Trinajstić information content (AvgIpc) is 2.67. The molecule has 2 aliphatic rings. The molecule has 2 fully saturated rings. The number of anilines is 1. The Balaban J connectivity index is 0.00000243. The lowest BCUT2D eigenvalue weighted by atomic mass is 10.0. The normalized spacial score (nSPS) is 18.7. The van der Waals surface area contributed by atoms with Crippen LogP contribution in [0.2, 0.25) is 0 Å². The third kappa shape index (κ3) is 5.53. The van der Waals surface area contributed by atoms with Crippen molar-refractivity contribution in [3.05, 3.63) is 18.0 Å². The van der Waals surface area contributed by atoms with Gasteiger partial charge in [-0.1, -0.05) is 13.8 Å². The summed E-state index contributed by atoms with van der Waals surface area (Å²) in [5.74, 6) is 1.14. The maximum absolute atomic E-state index is 12.0. The highest BCUT2D eigenvalue weighted by atomic mass is 35.5. The minimum Gasteiger partial charge on any atom is -0.378 e. The van der Waals surface area contributed by atoms with Gasteiger partial charge in [0.1, 0.15) is 0 Å². The van der Waals surface area contributed by atoms with Crippen LogP contribution in [0.15, 0.2) is 12.4 Å². The van der Waals surface area contributed by atoms with Crippen molar-refractivity contribution in [2.24, 2.45) is 5.92 Å². The van der Waals surface area contributed by atoms with Gasteiger partial charge in [0.05, 0.1) is 13.2 Å². The number of likely N-dealkylation sites (tertiary alicyclic amines) is 1. The number of morpholine rings is 1. The monoisotopic (exact) mass is 383 g/mol. The second kappa shape index (κ2) is 10.0.